The lowest BCUT2D eigenvalue weighted by molar-refractivity contribution is -0.120. The summed E-state index contributed by atoms with van der Waals surface area (Å²) in [5.41, 5.74) is 5.30. The van der Waals surface area contributed by atoms with Crippen LogP contribution in [0.3, 0.4) is 0 Å². The van der Waals surface area contributed by atoms with Gasteiger partial charge in [-0.1, -0.05) is 13.0 Å². The van der Waals surface area contributed by atoms with Crippen molar-refractivity contribution in [2.75, 3.05) is 5.32 Å². The van der Waals surface area contributed by atoms with Gasteiger partial charge in [0, 0.05) is 11.7 Å². The molecule has 7 heteroatoms. The maximum atomic E-state index is 12.1. The number of sulfonamides is 1. The number of nitrogens with two attached hydrogens (primary N) is 1. The topological polar surface area (TPSA) is 101 Å². The highest BCUT2D eigenvalue weighted by Gasteiger charge is 2.29. The second kappa shape index (κ2) is 5.75. The van der Waals surface area contributed by atoms with Crippen molar-refractivity contribution in [2.45, 2.75) is 49.6 Å². The molecular weight excluding hydrogens is 290 g/mol. The van der Waals surface area contributed by atoms with Crippen LogP contribution in [0.2, 0.25) is 0 Å². The minimum Gasteiger partial charge on any atom is -0.324 e. The number of amides is 1. The van der Waals surface area contributed by atoms with Crippen LogP contribution in [0.25, 0.3) is 0 Å². The molecule has 1 atom stereocenters. The third-order valence-electron chi connectivity index (χ3n) is 3.55. The summed E-state index contributed by atoms with van der Waals surface area (Å²) < 4.78 is 26.9. The molecule has 21 heavy (non-hydrogen) atoms. The van der Waals surface area contributed by atoms with Gasteiger partial charge in [-0.05, 0) is 44.4 Å². The third kappa shape index (κ3) is 4.03. The Morgan fingerprint density at radius 1 is 1.43 bits per heavy atom. The Hall–Kier alpha value is -1.44. The van der Waals surface area contributed by atoms with Crippen molar-refractivity contribution in [3.8, 4) is 0 Å². The summed E-state index contributed by atoms with van der Waals surface area (Å²) in [6.45, 7) is 3.46. The van der Waals surface area contributed by atoms with E-state index in [1.54, 1.807) is 19.1 Å². The fraction of sp³-hybridized carbons (Fsp3) is 0.500. The number of carbonyl (C=O) groups excluding carboxylic acids is 1. The van der Waals surface area contributed by atoms with Crippen LogP contribution in [0.4, 0.5) is 5.69 Å². The number of hydrogen-bond acceptors (Lipinski definition) is 4. The minimum absolute atomic E-state index is 0.0423. The first kappa shape index (κ1) is 15.9. The molecule has 0 saturated heterocycles. The molecule has 2 rings (SSSR count). The fourth-order valence-electron chi connectivity index (χ4n) is 1.66. The highest BCUT2D eigenvalue weighted by molar-refractivity contribution is 7.89. The van der Waals surface area contributed by atoms with Crippen LogP contribution in [0.1, 0.15) is 33.1 Å². The van der Waals surface area contributed by atoms with Crippen molar-refractivity contribution in [3.63, 3.8) is 0 Å². The first-order chi connectivity index (χ1) is 9.74. The van der Waals surface area contributed by atoms with Gasteiger partial charge in [-0.2, -0.15) is 0 Å². The van der Waals surface area contributed by atoms with E-state index in [2.05, 4.69) is 10.0 Å². The quantitative estimate of drug-likeness (QED) is 0.734. The maximum absolute atomic E-state index is 12.1. The van der Waals surface area contributed by atoms with Crippen LogP contribution in [0, 0.1) is 0 Å². The van der Waals surface area contributed by atoms with Crippen LogP contribution >= 0.6 is 0 Å². The molecule has 1 amide bonds. The van der Waals surface area contributed by atoms with Gasteiger partial charge in [-0.25, -0.2) is 13.1 Å². The summed E-state index contributed by atoms with van der Waals surface area (Å²) in [7, 11) is -3.53. The van der Waals surface area contributed by atoms with E-state index in [-0.39, 0.29) is 16.8 Å². The number of hydrogen-bond donors (Lipinski definition) is 3. The summed E-state index contributed by atoms with van der Waals surface area (Å²) in [4.78, 5) is 12.2. The summed E-state index contributed by atoms with van der Waals surface area (Å²) >= 11 is 0. The molecule has 1 aliphatic carbocycles. The van der Waals surface area contributed by atoms with E-state index in [9.17, 15) is 13.2 Å². The summed E-state index contributed by atoms with van der Waals surface area (Å²) in [5, 5.41) is 2.66. The maximum Gasteiger partial charge on any atom is 0.244 e. The standard InChI is InChI=1S/C14H21N3O3S/c1-3-14(2,15)13(18)16-11-5-4-6-12(9-11)21(19,20)17-10-7-8-10/h4-6,9-10,17H,3,7-8,15H2,1-2H3,(H,16,18). The van der Waals surface area contributed by atoms with Gasteiger partial charge in [0.05, 0.1) is 10.4 Å². The first-order valence-electron chi connectivity index (χ1n) is 6.97. The van der Waals surface area contributed by atoms with Gasteiger partial charge in [-0.3, -0.25) is 4.79 Å². The van der Waals surface area contributed by atoms with Crippen molar-refractivity contribution in [3.05, 3.63) is 24.3 Å². The summed E-state index contributed by atoms with van der Waals surface area (Å²) in [5.74, 6) is -0.338. The third-order valence-corrected chi connectivity index (χ3v) is 5.07. The molecule has 0 spiro atoms. The Morgan fingerprint density at radius 3 is 2.67 bits per heavy atom. The van der Waals surface area contributed by atoms with E-state index in [4.69, 9.17) is 5.73 Å². The molecule has 4 N–H and O–H groups in total. The lowest BCUT2D eigenvalue weighted by Gasteiger charge is -2.21. The zero-order valence-corrected chi connectivity index (χ0v) is 13.0. The van der Waals surface area contributed by atoms with Crippen LogP contribution in [-0.2, 0) is 14.8 Å². The SMILES string of the molecule is CCC(C)(N)C(=O)Nc1cccc(S(=O)(=O)NC2CC2)c1. The number of rotatable bonds is 6. The second-order valence-corrected chi connectivity index (χ2v) is 7.36. The van der Waals surface area contributed by atoms with Gasteiger partial charge >= 0.3 is 0 Å². The lowest BCUT2D eigenvalue weighted by atomic mass is 9.99. The van der Waals surface area contributed by atoms with Gasteiger partial charge in [0.2, 0.25) is 15.9 Å². The molecule has 116 valence electrons. The average molecular weight is 311 g/mol. The Bertz CT molecular complexity index is 637. The molecule has 0 radical (unpaired) electrons. The molecule has 1 aromatic carbocycles. The zero-order chi connectivity index (χ0) is 15.7. The lowest BCUT2D eigenvalue weighted by Crippen LogP contribution is -2.47. The van der Waals surface area contributed by atoms with Gasteiger partial charge in [0.25, 0.3) is 0 Å². The molecule has 0 aliphatic heterocycles. The van der Waals surface area contributed by atoms with Crippen LogP contribution in [0.15, 0.2) is 29.2 Å². The number of benzene rings is 1. The molecule has 1 saturated carbocycles. The van der Waals surface area contributed by atoms with Crippen molar-refractivity contribution in [1.29, 1.82) is 0 Å². The molecule has 1 aromatic rings. The Morgan fingerprint density at radius 2 is 2.10 bits per heavy atom. The highest BCUT2D eigenvalue weighted by atomic mass is 32.2. The Labute approximate surface area is 125 Å². The van der Waals surface area contributed by atoms with Crippen molar-refractivity contribution < 1.29 is 13.2 Å². The molecule has 1 unspecified atom stereocenters. The van der Waals surface area contributed by atoms with Crippen molar-refractivity contribution in [1.82, 2.24) is 4.72 Å². The van der Waals surface area contributed by atoms with Gasteiger partial charge in [-0.15, -0.1) is 0 Å². The number of nitrogens with one attached hydrogen (secondary N) is 2. The van der Waals surface area contributed by atoms with E-state index in [1.165, 1.54) is 12.1 Å². The smallest absolute Gasteiger partial charge is 0.244 e. The van der Waals surface area contributed by atoms with Crippen LogP contribution in [-0.4, -0.2) is 25.9 Å². The largest absolute Gasteiger partial charge is 0.324 e. The predicted molar refractivity (Wildman–Crippen MR) is 81.3 cm³/mol. The first-order valence-corrected chi connectivity index (χ1v) is 8.45. The van der Waals surface area contributed by atoms with E-state index in [1.807, 2.05) is 6.92 Å². The van der Waals surface area contributed by atoms with Crippen LogP contribution in [0.5, 0.6) is 0 Å². The molecule has 6 nitrogen and oxygen atoms in total. The number of carbonyl (C=O) groups is 1. The van der Waals surface area contributed by atoms with Crippen LogP contribution < -0.4 is 15.8 Å². The highest BCUT2D eigenvalue weighted by Crippen LogP contribution is 2.23. The van der Waals surface area contributed by atoms with E-state index < -0.39 is 15.6 Å². The molecular formula is C14H21N3O3S. The van der Waals surface area contributed by atoms with E-state index in [0.717, 1.165) is 12.8 Å². The monoisotopic (exact) mass is 311 g/mol. The predicted octanol–water partition coefficient (Wildman–Crippen LogP) is 1.19. The van der Waals surface area contributed by atoms with Gasteiger partial charge in [0.1, 0.15) is 0 Å². The molecule has 0 bridgehead atoms. The average Bonchev–Trinajstić information content (AvgIpc) is 3.22. The molecule has 1 fully saturated rings. The summed E-state index contributed by atoms with van der Waals surface area (Å²) in [6.07, 6.45) is 2.23. The fourth-order valence-corrected chi connectivity index (χ4v) is 3.01. The minimum atomic E-state index is -3.53. The molecule has 0 heterocycles. The molecule has 1 aliphatic rings. The number of anilines is 1. The summed E-state index contributed by atoms with van der Waals surface area (Å²) in [6, 6.07) is 6.22. The Balaban J connectivity index is 2.16. The van der Waals surface area contributed by atoms with Gasteiger partial charge in [0.15, 0.2) is 0 Å². The van der Waals surface area contributed by atoms with Crippen molar-refractivity contribution in [2.24, 2.45) is 5.73 Å². The zero-order valence-electron chi connectivity index (χ0n) is 12.2. The Kier molecular flexibility index (Phi) is 4.36. The van der Waals surface area contributed by atoms with Gasteiger partial charge < -0.3 is 11.1 Å². The van der Waals surface area contributed by atoms with E-state index in [0.29, 0.717) is 12.1 Å². The van der Waals surface area contributed by atoms with E-state index >= 15 is 0 Å². The molecule has 0 aromatic heterocycles. The normalized spacial score (nSPS) is 18.0. The van der Waals surface area contributed by atoms with Crippen molar-refractivity contribution >= 4 is 21.6 Å². The second-order valence-electron chi connectivity index (χ2n) is 5.65.